The van der Waals surface area contributed by atoms with Crippen LogP contribution in [0.1, 0.15) is 19.3 Å². The molecule has 74 valence electrons. The van der Waals surface area contributed by atoms with E-state index in [1.54, 1.807) is 0 Å². The highest BCUT2D eigenvalue weighted by Gasteiger charge is 2.24. The van der Waals surface area contributed by atoms with Crippen molar-refractivity contribution in [3.63, 3.8) is 0 Å². The number of likely N-dealkylation sites (tertiary alicyclic amines) is 1. The maximum atomic E-state index is 10.7. The van der Waals surface area contributed by atoms with Crippen molar-refractivity contribution >= 4 is 5.97 Å². The Labute approximate surface area is 79.0 Å². The number of rotatable bonds is 4. The number of carboxylic acid groups (broad SMARTS) is 1. The van der Waals surface area contributed by atoms with Crippen LogP contribution in [0.15, 0.2) is 12.7 Å². The van der Waals surface area contributed by atoms with Crippen LogP contribution in [-0.4, -0.2) is 35.6 Å². The van der Waals surface area contributed by atoms with Gasteiger partial charge in [0.1, 0.15) is 0 Å². The van der Waals surface area contributed by atoms with Crippen molar-refractivity contribution in [3.05, 3.63) is 12.7 Å². The Morgan fingerprint density at radius 2 is 2.46 bits per heavy atom. The Hall–Kier alpha value is -0.830. The average molecular weight is 183 g/mol. The maximum Gasteiger partial charge on any atom is 0.307 e. The molecule has 0 aromatic carbocycles. The zero-order valence-corrected chi connectivity index (χ0v) is 7.91. The molecule has 0 aromatic heterocycles. The summed E-state index contributed by atoms with van der Waals surface area (Å²) in [5.41, 5.74) is 0. The summed E-state index contributed by atoms with van der Waals surface area (Å²) >= 11 is 0. The summed E-state index contributed by atoms with van der Waals surface area (Å²) in [4.78, 5) is 12.9. The Morgan fingerprint density at radius 3 is 3.08 bits per heavy atom. The van der Waals surface area contributed by atoms with Crippen molar-refractivity contribution in [3.8, 4) is 0 Å². The lowest BCUT2D eigenvalue weighted by Gasteiger charge is -2.30. The van der Waals surface area contributed by atoms with Crippen LogP contribution < -0.4 is 0 Å². The highest BCUT2D eigenvalue weighted by Crippen LogP contribution is 2.16. The topological polar surface area (TPSA) is 40.5 Å². The lowest BCUT2D eigenvalue weighted by molar-refractivity contribution is -0.143. The van der Waals surface area contributed by atoms with Crippen LogP contribution in [-0.2, 0) is 4.79 Å². The smallest absolute Gasteiger partial charge is 0.307 e. The van der Waals surface area contributed by atoms with Gasteiger partial charge in [-0.05, 0) is 25.8 Å². The molecule has 0 saturated carbocycles. The number of hydrogen-bond donors (Lipinski definition) is 1. The Bertz CT molecular complexity index is 191. The van der Waals surface area contributed by atoms with Gasteiger partial charge < -0.3 is 10.0 Å². The zero-order valence-electron chi connectivity index (χ0n) is 7.91. The van der Waals surface area contributed by atoms with E-state index in [4.69, 9.17) is 5.11 Å². The van der Waals surface area contributed by atoms with Crippen molar-refractivity contribution < 1.29 is 9.90 Å². The van der Waals surface area contributed by atoms with Gasteiger partial charge in [0.25, 0.3) is 0 Å². The summed E-state index contributed by atoms with van der Waals surface area (Å²) in [5, 5.41) is 8.83. The van der Waals surface area contributed by atoms with E-state index in [1.807, 2.05) is 6.08 Å². The van der Waals surface area contributed by atoms with Gasteiger partial charge in [-0.2, -0.15) is 0 Å². The van der Waals surface area contributed by atoms with Gasteiger partial charge in [-0.25, -0.2) is 0 Å². The molecule has 1 N–H and O–H groups in total. The van der Waals surface area contributed by atoms with E-state index in [1.165, 1.54) is 0 Å². The van der Waals surface area contributed by atoms with Crippen LogP contribution in [0.3, 0.4) is 0 Å². The van der Waals surface area contributed by atoms with Gasteiger partial charge in [-0.3, -0.25) is 4.79 Å². The quantitative estimate of drug-likeness (QED) is 0.669. The third kappa shape index (κ3) is 3.19. The SMILES string of the molecule is C=CCCN1CCCC(C(=O)O)C1. The normalized spacial score (nSPS) is 24.2. The molecule has 0 bridgehead atoms. The van der Waals surface area contributed by atoms with Gasteiger partial charge in [0.15, 0.2) is 0 Å². The number of aliphatic carboxylic acids is 1. The number of nitrogens with zero attached hydrogens (tertiary/aromatic N) is 1. The van der Waals surface area contributed by atoms with Crippen LogP contribution >= 0.6 is 0 Å². The molecular weight excluding hydrogens is 166 g/mol. The van der Waals surface area contributed by atoms with Gasteiger partial charge in [-0.15, -0.1) is 6.58 Å². The van der Waals surface area contributed by atoms with Gasteiger partial charge in [0.05, 0.1) is 5.92 Å². The summed E-state index contributed by atoms with van der Waals surface area (Å²) in [5.74, 6) is -0.804. The number of carbonyl (C=O) groups is 1. The molecular formula is C10H17NO2. The molecule has 1 rings (SSSR count). The molecule has 3 nitrogen and oxygen atoms in total. The molecule has 1 aliphatic rings. The first kappa shape index (κ1) is 10.3. The highest BCUT2D eigenvalue weighted by molar-refractivity contribution is 5.70. The third-order valence-corrected chi connectivity index (χ3v) is 2.50. The standard InChI is InChI=1S/C10H17NO2/c1-2-3-6-11-7-4-5-9(8-11)10(12)13/h2,9H,1,3-8H2,(H,12,13). The molecule has 1 heterocycles. The molecule has 0 amide bonds. The van der Waals surface area contributed by atoms with E-state index < -0.39 is 5.97 Å². The van der Waals surface area contributed by atoms with E-state index in [0.29, 0.717) is 6.54 Å². The largest absolute Gasteiger partial charge is 0.481 e. The first-order valence-corrected chi connectivity index (χ1v) is 4.80. The van der Waals surface area contributed by atoms with Gasteiger partial charge >= 0.3 is 5.97 Å². The van der Waals surface area contributed by atoms with E-state index >= 15 is 0 Å². The van der Waals surface area contributed by atoms with Crippen LogP contribution in [0.25, 0.3) is 0 Å². The zero-order chi connectivity index (χ0) is 9.68. The minimum Gasteiger partial charge on any atom is -0.481 e. The first-order valence-electron chi connectivity index (χ1n) is 4.80. The second kappa shape index (κ2) is 5.02. The number of carboxylic acids is 1. The molecule has 0 radical (unpaired) electrons. The average Bonchev–Trinajstić information content (AvgIpc) is 2.15. The van der Waals surface area contributed by atoms with Gasteiger partial charge in [0, 0.05) is 13.1 Å². The summed E-state index contributed by atoms with van der Waals surface area (Å²) < 4.78 is 0. The van der Waals surface area contributed by atoms with Gasteiger partial charge in [0.2, 0.25) is 0 Å². The van der Waals surface area contributed by atoms with Crippen molar-refractivity contribution in [1.82, 2.24) is 4.90 Å². The summed E-state index contributed by atoms with van der Waals surface area (Å²) in [6.45, 7) is 6.36. The van der Waals surface area contributed by atoms with Crippen LogP contribution in [0.5, 0.6) is 0 Å². The molecule has 0 spiro atoms. The van der Waals surface area contributed by atoms with E-state index in [-0.39, 0.29) is 5.92 Å². The molecule has 1 saturated heterocycles. The highest BCUT2D eigenvalue weighted by atomic mass is 16.4. The van der Waals surface area contributed by atoms with Crippen molar-refractivity contribution in [2.75, 3.05) is 19.6 Å². The predicted octanol–water partition coefficient (Wildman–Crippen LogP) is 1.36. The van der Waals surface area contributed by atoms with Crippen LogP contribution in [0, 0.1) is 5.92 Å². The molecule has 1 aliphatic heterocycles. The minimum atomic E-state index is -0.650. The Morgan fingerprint density at radius 1 is 1.69 bits per heavy atom. The van der Waals surface area contributed by atoms with Crippen LogP contribution in [0.4, 0.5) is 0 Å². The molecule has 1 fully saturated rings. The summed E-state index contributed by atoms with van der Waals surface area (Å²) in [6.07, 6.45) is 4.67. The number of piperidine rings is 1. The Balaban J connectivity index is 2.32. The molecule has 1 unspecified atom stereocenters. The first-order chi connectivity index (χ1) is 6.24. The Kier molecular flexibility index (Phi) is 3.96. The lowest BCUT2D eigenvalue weighted by atomic mass is 9.98. The van der Waals surface area contributed by atoms with E-state index in [0.717, 1.165) is 32.4 Å². The van der Waals surface area contributed by atoms with Crippen LogP contribution in [0.2, 0.25) is 0 Å². The summed E-state index contributed by atoms with van der Waals surface area (Å²) in [6, 6.07) is 0. The van der Waals surface area contributed by atoms with Gasteiger partial charge in [-0.1, -0.05) is 6.08 Å². The second-order valence-electron chi connectivity index (χ2n) is 3.56. The fourth-order valence-corrected chi connectivity index (χ4v) is 1.73. The number of hydrogen-bond acceptors (Lipinski definition) is 2. The van der Waals surface area contributed by atoms with Crippen molar-refractivity contribution in [2.45, 2.75) is 19.3 Å². The maximum absolute atomic E-state index is 10.7. The molecule has 13 heavy (non-hydrogen) atoms. The van der Waals surface area contributed by atoms with Crippen molar-refractivity contribution in [1.29, 1.82) is 0 Å². The third-order valence-electron chi connectivity index (χ3n) is 2.50. The fourth-order valence-electron chi connectivity index (χ4n) is 1.73. The monoisotopic (exact) mass is 183 g/mol. The fraction of sp³-hybridized carbons (Fsp3) is 0.700. The lowest BCUT2D eigenvalue weighted by Crippen LogP contribution is -2.38. The summed E-state index contributed by atoms with van der Waals surface area (Å²) in [7, 11) is 0. The second-order valence-corrected chi connectivity index (χ2v) is 3.56. The van der Waals surface area contributed by atoms with E-state index in [9.17, 15) is 4.79 Å². The minimum absolute atomic E-state index is 0.154. The molecule has 0 aromatic rings. The van der Waals surface area contributed by atoms with E-state index in [2.05, 4.69) is 11.5 Å². The predicted molar refractivity (Wildman–Crippen MR) is 51.6 cm³/mol. The molecule has 3 heteroatoms. The molecule has 0 aliphatic carbocycles. The molecule has 1 atom stereocenters. The van der Waals surface area contributed by atoms with Crippen molar-refractivity contribution in [2.24, 2.45) is 5.92 Å².